The standard InChI is InChI=1S/C14H16N2O3/c1-4-10-8-12-11(6-5-7-16(12)15-10)13(17)9(2)14(18)19-3/h5-9H,4H2,1-3H3. The molecule has 0 aromatic carbocycles. The zero-order valence-electron chi connectivity index (χ0n) is 11.2. The summed E-state index contributed by atoms with van der Waals surface area (Å²) < 4.78 is 6.27. The van der Waals surface area contributed by atoms with E-state index in [1.807, 2.05) is 13.0 Å². The molecule has 0 amide bonds. The first kappa shape index (κ1) is 13.3. The number of ether oxygens (including phenoxy) is 1. The summed E-state index contributed by atoms with van der Waals surface area (Å²) in [6, 6.07) is 5.33. The first-order valence-electron chi connectivity index (χ1n) is 6.17. The van der Waals surface area contributed by atoms with Gasteiger partial charge in [-0.3, -0.25) is 9.59 Å². The van der Waals surface area contributed by atoms with Crippen molar-refractivity contribution < 1.29 is 14.3 Å². The topological polar surface area (TPSA) is 60.7 Å². The Bertz CT molecular complexity index is 631. The zero-order chi connectivity index (χ0) is 14.0. The number of fused-ring (bicyclic) bond motifs is 1. The zero-order valence-corrected chi connectivity index (χ0v) is 11.2. The van der Waals surface area contributed by atoms with Gasteiger partial charge in [-0.25, -0.2) is 4.52 Å². The average molecular weight is 260 g/mol. The fourth-order valence-electron chi connectivity index (χ4n) is 1.96. The summed E-state index contributed by atoms with van der Waals surface area (Å²) in [5, 5.41) is 4.35. The van der Waals surface area contributed by atoms with E-state index in [0.717, 1.165) is 17.6 Å². The molecule has 100 valence electrons. The van der Waals surface area contributed by atoms with Gasteiger partial charge in [-0.2, -0.15) is 5.10 Å². The van der Waals surface area contributed by atoms with Gasteiger partial charge in [0, 0.05) is 11.8 Å². The van der Waals surface area contributed by atoms with Crippen molar-refractivity contribution >= 4 is 17.3 Å². The largest absolute Gasteiger partial charge is 0.468 e. The third-order valence-electron chi connectivity index (χ3n) is 3.13. The summed E-state index contributed by atoms with van der Waals surface area (Å²) in [7, 11) is 1.28. The number of carbonyl (C=O) groups excluding carboxylic acids is 2. The molecule has 5 heteroatoms. The number of nitrogens with zero attached hydrogens (tertiary/aromatic N) is 2. The van der Waals surface area contributed by atoms with E-state index in [9.17, 15) is 9.59 Å². The Balaban J connectivity index is 2.47. The molecule has 0 spiro atoms. The van der Waals surface area contributed by atoms with Crippen molar-refractivity contribution in [3.05, 3.63) is 35.7 Å². The Hall–Kier alpha value is -2.17. The SMILES string of the molecule is CCc1cc2c(C(=O)C(C)C(=O)OC)cccn2n1. The summed E-state index contributed by atoms with van der Waals surface area (Å²) in [4.78, 5) is 23.8. The Morgan fingerprint density at radius 1 is 1.47 bits per heavy atom. The molecule has 5 nitrogen and oxygen atoms in total. The summed E-state index contributed by atoms with van der Waals surface area (Å²) in [6.07, 6.45) is 2.58. The third-order valence-corrected chi connectivity index (χ3v) is 3.13. The van der Waals surface area contributed by atoms with Crippen molar-refractivity contribution in [3.8, 4) is 0 Å². The predicted molar refractivity (Wildman–Crippen MR) is 70.1 cm³/mol. The maximum Gasteiger partial charge on any atom is 0.316 e. The van der Waals surface area contributed by atoms with E-state index in [4.69, 9.17) is 0 Å². The fourth-order valence-corrected chi connectivity index (χ4v) is 1.96. The van der Waals surface area contributed by atoms with Crippen molar-refractivity contribution in [2.75, 3.05) is 7.11 Å². The van der Waals surface area contributed by atoms with Crippen molar-refractivity contribution in [3.63, 3.8) is 0 Å². The van der Waals surface area contributed by atoms with Crippen molar-refractivity contribution in [2.45, 2.75) is 20.3 Å². The molecule has 0 N–H and O–H groups in total. The minimum absolute atomic E-state index is 0.250. The number of carbonyl (C=O) groups is 2. The van der Waals surface area contributed by atoms with E-state index >= 15 is 0 Å². The number of esters is 1. The molecule has 1 unspecified atom stereocenters. The molecular formula is C14H16N2O3. The molecule has 2 aromatic heterocycles. The Labute approximate surface area is 111 Å². The van der Waals surface area contributed by atoms with Gasteiger partial charge in [0.15, 0.2) is 5.78 Å². The highest BCUT2D eigenvalue weighted by molar-refractivity contribution is 6.11. The molecule has 0 fully saturated rings. The molecule has 2 aromatic rings. The van der Waals surface area contributed by atoms with E-state index in [1.54, 1.807) is 29.8 Å². The molecule has 0 radical (unpaired) electrons. The van der Waals surface area contributed by atoms with Gasteiger partial charge in [0.05, 0.1) is 18.3 Å². The fraction of sp³-hybridized carbons (Fsp3) is 0.357. The van der Waals surface area contributed by atoms with Gasteiger partial charge in [-0.15, -0.1) is 0 Å². The van der Waals surface area contributed by atoms with Crippen LogP contribution in [0, 0.1) is 5.92 Å². The summed E-state index contributed by atoms with van der Waals surface area (Å²) in [6.45, 7) is 3.55. The number of aryl methyl sites for hydroxylation is 1. The Morgan fingerprint density at radius 2 is 2.21 bits per heavy atom. The summed E-state index contributed by atoms with van der Waals surface area (Å²) in [5.74, 6) is -1.58. The minimum atomic E-state index is -0.809. The maximum atomic E-state index is 12.3. The molecule has 2 heterocycles. The van der Waals surface area contributed by atoms with Gasteiger partial charge in [0.2, 0.25) is 0 Å². The third kappa shape index (κ3) is 2.36. The van der Waals surface area contributed by atoms with E-state index in [1.165, 1.54) is 7.11 Å². The lowest BCUT2D eigenvalue weighted by Crippen LogP contribution is -2.22. The van der Waals surface area contributed by atoms with Crippen LogP contribution >= 0.6 is 0 Å². The predicted octanol–water partition coefficient (Wildman–Crippen LogP) is 1.89. The van der Waals surface area contributed by atoms with Gasteiger partial charge in [-0.05, 0) is 31.5 Å². The molecule has 0 aliphatic carbocycles. The van der Waals surface area contributed by atoms with E-state index in [2.05, 4.69) is 9.84 Å². The maximum absolute atomic E-state index is 12.3. The molecule has 19 heavy (non-hydrogen) atoms. The van der Waals surface area contributed by atoms with Crippen molar-refractivity contribution in [2.24, 2.45) is 5.92 Å². The van der Waals surface area contributed by atoms with Crippen LogP contribution in [0.1, 0.15) is 29.9 Å². The minimum Gasteiger partial charge on any atom is -0.468 e. The van der Waals surface area contributed by atoms with Crippen LogP contribution in [0.5, 0.6) is 0 Å². The lowest BCUT2D eigenvalue weighted by Gasteiger charge is -2.08. The van der Waals surface area contributed by atoms with E-state index in [0.29, 0.717) is 5.56 Å². The van der Waals surface area contributed by atoms with Crippen LogP contribution in [0.3, 0.4) is 0 Å². The van der Waals surface area contributed by atoms with E-state index < -0.39 is 11.9 Å². The number of hydrogen-bond acceptors (Lipinski definition) is 4. The Morgan fingerprint density at radius 3 is 2.84 bits per heavy atom. The van der Waals surface area contributed by atoms with Gasteiger partial charge < -0.3 is 4.74 Å². The molecule has 0 saturated carbocycles. The monoisotopic (exact) mass is 260 g/mol. The first-order valence-corrected chi connectivity index (χ1v) is 6.17. The van der Waals surface area contributed by atoms with Gasteiger partial charge in [-0.1, -0.05) is 6.92 Å². The highest BCUT2D eigenvalue weighted by Crippen LogP contribution is 2.17. The molecular weight excluding hydrogens is 244 g/mol. The Kier molecular flexibility index (Phi) is 3.64. The molecule has 0 aliphatic rings. The number of aromatic nitrogens is 2. The normalized spacial score (nSPS) is 12.4. The highest BCUT2D eigenvalue weighted by atomic mass is 16.5. The molecule has 2 rings (SSSR count). The number of methoxy groups -OCH3 is 1. The van der Waals surface area contributed by atoms with Gasteiger partial charge in [0.1, 0.15) is 5.92 Å². The van der Waals surface area contributed by atoms with Gasteiger partial charge in [0.25, 0.3) is 0 Å². The van der Waals surface area contributed by atoms with Crippen LogP contribution in [0.2, 0.25) is 0 Å². The van der Waals surface area contributed by atoms with Gasteiger partial charge >= 0.3 is 5.97 Å². The molecule has 1 atom stereocenters. The average Bonchev–Trinajstić information content (AvgIpc) is 2.87. The molecule has 0 saturated heterocycles. The number of Topliss-reactive ketones (excluding diaryl/α,β-unsaturated/α-hetero) is 1. The second kappa shape index (κ2) is 5.22. The van der Waals surface area contributed by atoms with Crippen molar-refractivity contribution in [1.82, 2.24) is 9.61 Å². The second-order valence-corrected chi connectivity index (χ2v) is 4.35. The van der Waals surface area contributed by atoms with Crippen LogP contribution in [0.4, 0.5) is 0 Å². The van der Waals surface area contributed by atoms with Crippen LogP contribution in [-0.2, 0) is 16.0 Å². The number of rotatable bonds is 4. The lowest BCUT2D eigenvalue weighted by molar-refractivity contribution is -0.143. The number of pyridine rings is 1. The van der Waals surface area contributed by atoms with Crippen LogP contribution in [0.25, 0.3) is 5.52 Å². The lowest BCUT2D eigenvalue weighted by atomic mass is 9.99. The smallest absolute Gasteiger partial charge is 0.316 e. The van der Waals surface area contributed by atoms with Crippen LogP contribution < -0.4 is 0 Å². The molecule has 0 bridgehead atoms. The second-order valence-electron chi connectivity index (χ2n) is 4.35. The van der Waals surface area contributed by atoms with Crippen LogP contribution in [0.15, 0.2) is 24.4 Å². The molecule has 0 aliphatic heterocycles. The first-order chi connectivity index (χ1) is 9.08. The quantitative estimate of drug-likeness (QED) is 0.478. The van der Waals surface area contributed by atoms with Crippen LogP contribution in [-0.4, -0.2) is 28.5 Å². The highest BCUT2D eigenvalue weighted by Gasteiger charge is 2.25. The number of hydrogen-bond donors (Lipinski definition) is 0. The van der Waals surface area contributed by atoms with Crippen molar-refractivity contribution in [1.29, 1.82) is 0 Å². The summed E-state index contributed by atoms with van der Waals surface area (Å²) >= 11 is 0. The number of ketones is 1. The van der Waals surface area contributed by atoms with E-state index in [-0.39, 0.29) is 5.78 Å². The summed E-state index contributed by atoms with van der Waals surface area (Å²) in [5.41, 5.74) is 2.12.